The number of hydrogen-bond donors (Lipinski definition) is 7. The molecule has 0 heterocycles. The number of carboxylic acid groups (broad SMARTS) is 1. The van der Waals surface area contributed by atoms with E-state index in [1.54, 1.807) is 11.8 Å². The minimum absolute atomic E-state index is 0.0526. The highest BCUT2D eigenvalue weighted by Gasteiger charge is 2.30. The van der Waals surface area contributed by atoms with Crippen LogP contribution in [0.2, 0.25) is 0 Å². The zero-order valence-electron chi connectivity index (χ0n) is 21.4. The van der Waals surface area contributed by atoms with Gasteiger partial charge < -0.3 is 38.3 Å². The number of rotatable bonds is 20. The Kier molecular flexibility index (Phi) is 18.3. The number of aliphatic carboxylic acids is 1. The Bertz CT molecular complexity index is 652. The predicted octanol–water partition coefficient (Wildman–Crippen LogP) is -0.0901. The average Bonchev–Trinajstić information content (AvgIpc) is 2.80. The first kappa shape index (κ1) is 33.1. The molecule has 0 saturated heterocycles. The smallest absolute Gasteiger partial charge is 0.326 e. The number of nitrogens with two attached hydrogens (primary N) is 3. The second kappa shape index (κ2) is 19.3. The van der Waals surface area contributed by atoms with Crippen molar-refractivity contribution in [2.45, 2.75) is 89.4 Å². The van der Waals surface area contributed by atoms with Crippen LogP contribution in [-0.2, 0) is 19.2 Å². The molecule has 0 rings (SSSR count). The first-order valence-electron chi connectivity index (χ1n) is 12.4. The summed E-state index contributed by atoms with van der Waals surface area (Å²) in [6.07, 6.45) is 5.78. The molecule has 11 nitrogen and oxygen atoms in total. The lowest BCUT2D eigenvalue weighted by atomic mass is 10.0. The first-order valence-corrected chi connectivity index (χ1v) is 13.7. The summed E-state index contributed by atoms with van der Waals surface area (Å²) in [5, 5.41) is 17.5. The lowest BCUT2D eigenvalue weighted by molar-refractivity contribution is -0.142. The van der Waals surface area contributed by atoms with Crippen molar-refractivity contribution in [3.8, 4) is 0 Å². The van der Waals surface area contributed by atoms with Gasteiger partial charge in [-0.1, -0.05) is 13.8 Å². The van der Waals surface area contributed by atoms with E-state index in [0.717, 1.165) is 0 Å². The van der Waals surface area contributed by atoms with Crippen LogP contribution in [0.5, 0.6) is 0 Å². The van der Waals surface area contributed by atoms with Crippen LogP contribution in [0.4, 0.5) is 0 Å². The molecule has 0 aromatic heterocycles. The van der Waals surface area contributed by atoms with Gasteiger partial charge in [-0.2, -0.15) is 11.8 Å². The fourth-order valence-electron chi connectivity index (χ4n) is 3.41. The summed E-state index contributed by atoms with van der Waals surface area (Å²) in [7, 11) is 0. The summed E-state index contributed by atoms with van der Waals surface area (Å²) < 4.78 is 0. The third-order valence-corrected chi connectivity index (χ3v) is 6.10. The van der Waals surface area contributed by atoms with E-state index < -0.39 is 47.9 Å². The van der Waals surface area contributed by atoms with Gasteiger partial charge in [-0.25, -0.2) is 4.79 Å². The number of amides is 3. The second-order valence-electron chi connectivity index (χ2n) is 9.11. The lowest BCUT2D eigenvalue weighted by Gasteiger charge is -2.26. The third-order valence-electron chi connectivity index (χ3n) is 5.45. The molecular formula is C23H46N6O5S. The molecule has 0 saturated carbocycles. The predicted molar refractivity (Wildman–Crippen MR) is 140 cm³/mol. The molecule has 0 bridgehead atoms. The van der Waals surface area contributed by atoms with Crippen molar-refractivity contribution in [3.63, 3.8) is 0 Å². The van der Waals surface area contributed by atoms with Gasteiger partial charge in [0.1, 0.15) is 18.1 Å². The number of carbonyl (C=O) groups excluding carboxylic acids is 3. The van der Waals surface area contributed by atoms with Crippen molar-refractivity contribution in [2.24, 2.45) is 23.1 Å². The Labute approximate surface area is 213 Å². The molecule has 12 heteroatoms. The number of unbranched alkanes of at least 4 members (excludes halogenated alkanes) is 2. The summed E-state index contributed by atoms with van der Waals surface area (Å²) in [4.78, 5) is 50.2. The number of carboxylic acids is 1. The Morgan fingerprint density at radius 1 is 0.771 bits per heavy atom. The standard InChI is InChI=1S/C23H46N6O5S/c1-15(2)14-19(22(32)28-18(23(33)34)9-5-7-12-25)29-21(31)17(8-4-6-11-24)27-20(30)16(26)10-13-35-3/h15-19H,4-14,24-26H2,1-3H3,(H,27,30)(H,28,32)(H,29,31)(H,33,34). The van der Waals surface area contributed by atoms with E-state index in [1.807, 2.05) is 20.1 Å². The number of thioether (sulfide) groups is 1. The fraction of sp³-hybridized carbons (Fsp3) is 0.826. The van der Waals surface area contributed by atoms with E-state index in [2.05, 4.69) is 16.0 Å². The van der Waals surface area contributed by atoms with Gasteiger partial charge in [0.2, 0.25) is 17.7 Å². The van der Waals surface area contributed by atoms with E-state index in [-0.39, 0.29) is 12.3 Å². The number of hydrogen-bond acceptors (Lipinski definition) is 8. The van der Waals surface area contributed by atoms with Gasteiger partial charge in [-0.3, -0.25) is 14.4 Å². The van der Waals surface area contributed by atoms with Crippen molar-refractivity contribution in [1.29, 1.82) is 0 Å². The molecule has 0 aliphatic heterocycles. The summed E-state index contributed by atoms with van der Waals surface area (Å²) in [6.45, 7) is 4.68. The summed E-state index contributed by atoms with van der Waals surface area (Å²) in [5.41, 5.74) is 17.0. The Balaban J connectivity index is 5.42. The minimum atomic E-state index is -1.14. The lowest BCUT2D eigenvalue weighted by Crippen LogP contribution is -2.57. The normalized spacial score (nSPS) is 14.6. The van der Waals surface area contributed by atoms with E-state index in [1.165, 1.54) is 0 Å². The maximum Gasteiger partial charge on any atom is 0.326 e. The van der Waals surface area contributed by atoms with Crippen LogP contribution < -0.4 is 33.2 Å². The van der Waals surface area contributed by atoms with Gasteiger partial charge >= 0.3 is 5.97 Å². The molecule has 3 amide bonds. The molecule has 4 atom stereocenters. The molecular weight excluding hydrogens is 472 g/mol. The molecule has 10 N–H and O–H groups in total. The van der Waals surface area contributed by atoms with Crippen LogP contribution in [0, 0.1) is 5.92 Å². The van der Waals surface area contributed by atoms with E-state index >= 15 is 0 Å². The monoisotopic (exact) mass is 518 g/mol. The summed E-state index contributed by atoms with van der Waals surface area (Å²) >= 11 is 1.57. The zero-order valence-corrected chi connectivity index (χ0v) is 22.2. The molecule has 0 radical (unpaired) electrons. The van der Waals surface area contributed by atoms with Gasteiger partial charge in [0.05, 0.1) is 6.04 Å². The van der Waals surface area contributed by atoms with Crippen LogP contribution >= 0.6 is 11.8 Å². The Hall–Kier alpha value is -1.89. The van der Waals surface area contributed by atoms with Crippen LogP contribution in [0.1, 0.15) is 65.2 Å². The van der Waals surface area contributed by atoms with E-state index in [0.29, 0.717) is 63.8 Å². The average molecular weight is 519 g/mol. The highest BCUT2D eigenvalue weighted by Crippen LogP contribution is 2.10. The molecule has 35 heavy (non-hydrogen) atoms. The van der Waals surface area contributed by atoms with Gasteiger partial charge in [-0.05, 0) is 82.4 Å². The SMILES string of the molecule is CSCCC(N)C(=O)NC(CCCCN)C(=O)NC(CC(C)C)C(=O)NC(CCCCN)C(=O)O. The van der Waals surface area contributed by atoms with Crippen molar-refractivity contribution in [2.75, 3.05) is 25.1 Å². The van der Waals surface area contributed by atoms with Crippen molar-refractivity contribution >= 4 is 35.5 Å². The minimum Gasteiger partial charge on any atom is -0.480 e. The topological polar surface area (TPSA) is 203 Å². The van der Waals surface area contributed by atoms with E-state index in [9.17, 15) is 24.3 Å². The number of nitrogens with one attached hydrogen (secondary N) is 3. The van der Waals surface area contributed by atoms with Crippen molar-refractivity contribution < 1.29 is 24.3 Å². The molecule has 4 unspecified atom stereocenters. The van der Waals surface area contributed by atoms with Crippen LogP contribution in [-0.4, -0.2) is 78.1 Å². The highest BCUT2D eigenvalue weighted by atomic mass is 32.2. The molecule has 0 aromatic rings. The van der Waals surface area contributed by atoms with Crippen LogP contribution in [0.15, 0.2) is 0 Å². The molecule has 0 spiro atoms. The van der Waals surface area contributed by atoms with Gasteiger partial charge in [0.15, 0.2) is 0 Å². The fourth-order valence-corrected chi connectivity index (χ4v) is 3.90. The molecule has 0 aromatic carbocycles. The van der Waals surface area contributed by atoms with Crippen LogP contribution in [0.3, 0.4) is 0 Å². The maximum atomic E-state index is 13.1. The van der Waals surface area contributed by atoms with Gasteiger partial charge in [0, 0.05) is 0 Å². The maximum absolute atomic E-state index is 13.1. The van der Waals surface area contributed by atoms with Gasteiger partial charge in [-0.15, -0.1) is 0 Å². The third kappa shape index (κ3) is 15.0. The quantitative estimate of drug-likeness (QED) is 0.107. The van der Waals surface area contributed by atoms with Gasteiger partial charge in [0.25, 0.3) is 0 Å². The highest BCUT2D eigenvalue weighted by molar-refractivity contribution is 7.98. The molecule has 0 fully saturated rings. The summed E-state index contributed by atoms with van der Waals surface area (Å²) in [6, 6.07) is -3.64. The van der Waals surface area contributed by atoms with Crippen molar-refractivity contribution in [1.82, 2.24) is 16.0 Å². The van der Waals surface area contributed by atoms with Crippen molar-refractivity contribution in [3.05, 3.63) is 0 Å². The summed E-state index contributed by atoms with van der Waals surface area (Å²) in [5.74, 6) is -1.89. The molecule has 0 aliphatic rings. The zero-order chi connectivity index (χ0) is 26.8. The van der Waals surface area contributed by atoms with Crippen LogP contribution in [0.25, 0.3) is 0 Å². The Morgan fingerprint density at radius 3 is 1.74 bits per heavy atom. The second-order valence-corrected chi connectivity index (χ2v) is 10.1. The largest absolute Gasteiger partial charge is 0.480 e. The molecule has 204 valence electrons. The van der Waals surface area contributed by atoms with E-state index in [4.69, 9.17) is 17.2 Å². The molecule has 0 aliphatic carbocycles. The first-order chi connectivity index (χ1) is 16.6. The number of carbonyl (C=O) groups is 4. The Morgan fingerprint density at radius 2 is 1.26 bits per heavy atom.